The van der Waals surface area contributed by atoms with E-state index in [1.54, 1.807) is 0 Å². The summed E-state index contributed by atoms with van der Waals surface area (Å²) in [4.78, 5) is 50.2. The molecule has 0 unspecified atom stereocenters. The van der Waals surface area contributed by atoms with Crippen molar-refractivity contribution in [3.63, 3.8) is 0 Å². The zero-order valence-electron chi connectivity index (χ0n) is 44.3. The molecular formula is C55H42F12LiN9O7. The Morgan fingerprint density at radius 3 is 1.15 bits per heavy atom. The quantitative estimate of drug-likeness (QED) is 0.0432. The summed E-state index contributed by atoms with van der Waals surface area (Å²) in [5.74, 6) is -14.4. The van der Waals surface area contributed by atoms with Gasteiger partial charge in [-0.15, -0.1) is 0 Å². The third kappa shape index (κ3) is 14.6. The zero-order valence-corrected chi connectivity index (χ0v) is 44.3. The summed E-state index contributed by atoms with van der Waals surface area (Å²) in [6.07, 6.45) is 3.48. The Kier molecular flexibility index (Phi) is 22.1. The van der Waals surface area contributed by atoms with Crippen LogP contribution in [-0.4, -0.2) is 85.5 Å². The van der Waals surface area contributed by atoms with Crippen LogP contribution in [0.3, 0.4) is 0 Å². The number of methoxy groups -OCH3 is 2. The van der Waals surface area contributed by atoms with Gasteiger partial charge in [-0.2, -0.15) is 0 Å². The average molecular weight is 1180 g/mol. The van der Waals surface area contributed by atoms with Crippen molar-refractivity contribution in [2.75, 3.05) is 43.4 Å². The summed E-state index contributed by atoms with van der Waals surface area (Å²) >= 11 is 0. The van der Waals surface area contributed by atoms with Gasteiger partial charge in [0.1, 0.15) is 34.9 Å². The molecule has 16 nitrogen and oxygen atoms in total. The molecule has 9 rings (SSSR count). The first kappa shape index (κ1) is 65.3. The molecule has 0 bridgehead atoms. The van der Waals surface area contributed by atoms with Gasteiger partial charge in [-0.05, 0) is 109 Å². The molecule has 0 amide bonds. The van der Waals surface area contributed by atoms with E-state index < -0.39 is 117 Å². The Labute approximate surface area is 480 Å². The number of nitrogens with one attached hydrogen (secondary N) is 1. The van der Waals surface area contributed by atoms with Crippen LogP contribution in [0.25, 0.3) is 17.1 Å². The largest absolute Gasteiger partial charge is 1.00 e. The number of carbonyl (C=O) groups is 3. The van der Waals surface area contributed by atoms with Crippen molar-refractivity contribution in [2.24, 2.45) is 0 Å². The summed E-state index contributed by atoms with van der Waals surface area (Å²) in [7, 11) is 5.24. The first-order valence-electron chi connectivity index (χ1n) is 23.5. The molecule has 0 aliphatic carbocycles. The summed E-state index contributed by atoms with van der Waals surface area (Å²) in [5, 5.41) is 12.0. The second-order valence-electron chi connectivity index (χ2n) is 17.1. The molecule has 29 heteroatoms. The normalized spacial score (nSPS) is 10.5. The van der Waals surface area contributed by atoms with Gasteiger partial charge in [-0.25, -0.2) is 82.0 Å². The third-order valence-corrected chi connectivity index (χ3v) is 11.8. The molecule has 0 spiro atoms. The molecule has 9 aromatic rings. The minimum Gasteiger partial charge on any atom is -0.870 e. The van der Waals surface area contributed by atoms with Crippen molar-refractivity contribution in [1.82, 2.24) is 28.7 Å². The van der Waals surface area contributed by atoms with Gasteiger partial charge in [0, 0.05) is 54.4 Å². The number of carboxylic acids is 1. The topological polar surface area (TPSA) is 192 Å². The van der Waals surface area contributed by atoms with Gasteiger partial charge in [0.05, 0.1) is 45.9 Å². The number of hydrogen-bond donors (Lipinski definition) is 2. The molecule has 434 valence electrons. The first-order valence-corrected chi connectivity index (χ1v) is 23.5. The van der Waals surface area contributed by atoms with Crippen molar-refractivity contribution in [3.8, 4) is 17.1 Å². The monoisotopic (exact) mass is 1180 g/mol. The molecule has 0 radical (unpaired) electrons. The second kappa shape index (κ2) is 28.4. The number of halogens is 12. The van der Waals surface area contributed by atoms with Crippen LogP contribution >= 0.6 is 0 Å². The number of aromatic carboxylic acids is 1. The maximum atomic E-state index is 14.0. The Hall–Kier alpha value is -9.52. The van der Waals surface area contributed by atoms with Crippen LogP contribution in [0.1, 0.15) is 48.2 Å². The van der Waals surface area contributed by atoms with E-state index in [1.165, 1.54) is 125 Å². The molecular weight excluding hydrogens is 1130 g/mol. The fourth-order valence-electron chi connectivity index (χ4n) is 7.83. The number of rotatable bonds is 15. The molecule has 3 heterocycles. The van der Waals surface area contributed by atoms with Crippen molar-refractivity contribution in [3.05, 3.63) is 231 Å². The van der Waals surface area contributed by atoms with Crippen LogP contribution in [0.15, 0.2) is 128 Å². The van der Waals surface area contributed by atoms with Crippen LogP contribution in [-0.2, 0) is 29.1 Å². The summed E-state index contributed by atoms with van der Waals surface area (Å²) in [5.41, 5.74) is -0.722. The van der Waals surface area contributed by atoms with Gasteiger partial charge in [0.2, 0.25) is 17.8 Å². The molecule has 0 aliphatic rings. The maximum Gasteiger partial charge on any atom is 1.00 e. The van der Waals surface area contributed by atoms with Crippen LogP contribution < -0.4 is 34.0 Å². The van der Waals surface area contributed by atoms with Gasteiger partial charge >= 0.3 is 36.8 Å². The van der Waals surface area contributed by atoms with E-state index in [0.717, 1.165) is 36.5 Å². The fraction of sp³-hybridized carbons (Fsp3) is 0.127. The Morgan fingerprint density at radius 2 is 0.774 bits per heavy atom. The van der Waals surface area contributed by atoms with Crippen LogP contribution in [0.2, 0.25) is 0 Å². The number of ether oxygens (including phenoxy) is 2. The number of esters is 2. The summed E-state index contributed by atoms with van der Waals surface area (Å²) < 4.78 is 177. The molecule has 6 aromatic carbocycles. The van der Waals surface area contributed by atoms with Gasteiger partial charge in [-0.1, -0.05) is 0 Å². The Morgan fingerprint density at radius 1 is 0.464 bits per heavy atom. The molecule has 84 heavy (non-hydrogen) atoms. The molecule has 0 saturated heterocycles. The van der Waals surface area contributed by atoms with Crippen molar-refractivity contribution >= 4 is 35.8 Å². The number of anilines is 3. The van der Waals surface area contributed by atoms with E-state index in [4.69, 9.17) is 4.74 Å². The minimum absolute atomic E-state index is 0. The number of nitrogens with zero attached hydrogens (tertiary/aromatic N) is 8. The van der Waals surface area contributed by atoms with E-state index in [0.29, 0.717) is 29.6 Å². The van der Waals surface area contributed by atoms with E-state index in [2.05, 4.69) is 25.0 Å². The summed E-state index contributed by atoms with van der Waals surface area (Å²) in [6.45, 7) is -1.21. The van der Waals surface area contributed by atoms with Crippen molar-refractivity contribution < 1.29 is 106 Å². The Bertz CT molecular complexity index is 3800. The molecule has 0 atom stereocenters. The third-order valence-electron chi connectivity index (χ3n) is 11.8. The van der Waals surface area contributed by atoms with Crippen LogP contribution in [0.4, 0.5) is 70.5 Å². The van der Waals surface area contributed by atoms with E-state index in [-0.39, 0.29) is 71.5 Å². The van der Waals surface area contributed by atoms with Gasteiger partial charge in [-0.3, -0.25) is 13.7 Å². The molecule has 3 aromatic heterocycles. The average Bonchev–Trinajstić information content (AvgIpc) is 4.34. The fourth-order valence-corrected chi connectivity index (χ4v) is 7.83. The number of imidazole rings is 3. The van der Waals surface area contributed by atoms with Gasteiger partial charge < -0.3 is 35.2 Å². The van der Waals surface area contributed by atoms with Crippen molar-refractivity contribution in [2.45, 2.75) is 19.6 Å². The Balaban J connectivity index is 0.000000228. The minimum atomic E-state index is -1.33. The number of benzene rings is 6. The zero-order chi connectivity index (χ0) is 59.7. The predicted octanol–water partition coefficient (Wildman–Crippen LogP) is 8.27. The van der Waals surface area contributed by atoms with Gasteiger partial charge in [0.15, 0.2) is 52.0 Å². The first-order chi connectivity index (χ1) is 39.0. The molecule has 0 fully saturated rings. The van der Waals surface area contributed by atoms with Crippen LogP contribution in [0, 0.1) is 69.8 Å². The molecule has 0 aliphatic heterocycles. The van der Waals surface area contributed by atoms with E-state index in [9.17, 15) is 72.2 Å². The second-order valence-corrected chi connectivity index (χ2v) is 17.1. The standard InChI is InChI=1S/C19H15F4N3O2.2C18H13F4N3O2.Li.H2O/c1-25(10-13-14(21)7-8-15(22)17(13)23)19-24-9-16(18(27)28-2)26(19)12-5-3-11(20)4-6-12;1-24(9-12-13(20)6-7-14(21)16(12)22)18-23-8-15(17(26)27)25(18)11-4-2-10(19)3-5-11;1-27-17(26)15-9-24-18(25(15)11-4-2-10(19)3-5-11)23-8-12-13(20)6-7-14(21)16(12)22;;/h3-9H,10H2,1-2H3;2-8H,9H2,1H3,(H,26,27);2-7,9H,8H2,1H3,(H,23,24);;1H2/q;;;+1;/p-1. The van der Waals surface area contributed by atoms with Gasteiger partial charge in [0.25, 0.3) is 0 Å². The predicted molar refractivity (Wildman–Crippen MR) is 273 cm³/mol. The number of hydrogen-bond acceptors (Lipinski definition) is 12. The number of carbonyl (C=O) groups excluding carboxylic acids is 2. The molecule has 3 N–H and O–H groups in total. The SMILES string of the molecule is CN(Cc1c(F)ccc(F)c1F)c1ncc(C(=O)O)n1-c1ccc(F)cc1.COC(=O)c1cnc(N(C)Cc2c(F)ccc(F)c2F)n1-c1ccc(F)cc1.COC(=O)c1cnc(NCc2c(F)ccc(F)c2F)n1-c1ccc(F)cc1.[Li+].[OH-]. The molecule has 0 saturated carbocycles. The van der Waals surface area contributed by atoms with Crippen LogP contribution in [0.5, 0.6) is 0 Å². The smallest absolute Gasteiger partial charge is 0.870 e. The number of carboxylic acid groups (broad SMARTS) is 1. The summed E-state index contributed by atoms with van der Waals surface area (Å²) in [6, 6.07) is 19.7. The maximum absolute atomic E-state index is 14.0. The van der Waals surface area contributed by atoms with E-state index >= 15 is 0 Å². The van der Waals surface area contributed by atoms with Crippen molar-refractivity contribution in [1.29, 1.82) is 0 Å². The number of aromatic nitrogens is 6. The van der Waals surface area contributed by atoms with E-state index in [1.807, 2.05) is 0 Å².